The lowest BCUT2D eigenvalue weighted by Crippen LogP contribution is -2.16. The van der Waals surface area contributed by atoms with Crippen molar-refractivity contribution >= 4 is 16.7 Å². The number of unbranched alkanes of at least 4 members (excludes halogenated alkanes) is 1. The summed E-state index contributed by atoms with van der Waals surface area (Å²) in [5, 5.41) is 1.24. The van der Waals surface area contributed by atoms with Gasteiger partial charge < -0.3 is 0 Å². The average molecular weight is 253 g/mol. The molecule has 0 saturated heterocycles. The summed E-state index contributed by atoms with van der Waals surface area (Å²) >= 11 is 0. The van der Waals surface area contributed by atoms with E-state index in [0.717, 1.165) is 30.5 Å². The molecule has 1 aromatic carbocycles. The molecule has 0 atom stereocenters. The number of carbonyl (C=O) groups is 1. The third-order valence-corrected chi connectivity index (χ3v) is 3.99. The van der Waals surface area contributed by atoms with Crippen LogP contribution in [0.3, 0.4) is 0 Å². The maximum absolute atomic E-state index is 12.1. The number of ketones is 1. The van der Waals surface area contributed by atoms with Gasteiger partial charge in [-0.1, -0.05) is 31.5 Å². The molecule has 0 aliphatic heterocycles. The standard InChI is InChI=1S/C17H19NO/c1-2-3-7-12-13-8-4-5-10-15(13)18-17-14(12)9-6-11-16(17)19/h4-5,8,10H,2-3,6-7,9,11H2,1H3. The zero-order valence-electron chi connectivity index (χ0n) is 11.4. The van der Waals surface area contributed by atoms with Crippen LogP contribution >= 0.6 is 0 Å². The van der Waals surface area contributed by atoms with E-state index in [0.29, 0.717) is 6.42 Å². The molecule has 2 aromatic rings. The van der Waals surface area contributed by atoms with Gasteiger partial charge in [-0.15, -0.1) is 0 Å². The van der Waals surface area contributed by atoms with Gasteiger partial charge in [0.1, 0.15) is 5.69 Å². The number of rotatable bonds is 3. The SMILES string of the molecule is CCCCc1c2c(nc3ccccc13)C(=O)CCC2. The largest absolute Gasteiger partial charge is 0.292 e. The first-order valence-electron chi connectivity index (χ1n) is 7.25. The fourth-order valence-corrected chi connectivity index (χ4v) is 3.00. The molecule has 3 rings (SSSR count). The van der Waals surface area contributed by atoms with Gasteiger partial charge in [0.15, 0.2) is 5.78 Å². The fourth-order valence-electron chi connectivity index (χ4n) is 3.00. The van der Waals surface area contributed by atoms with E-state index < -0.39 is 0 Å². The van der Waals surface area contributed by atoms with Crippen molar-refractivity contribution in [1.29, 1.82) is 0 Å². The monoisotopic (exact) mass is 253 g/mol. The van der Waals surface area contributed by atoms with E-state index in [4.69, 9.17) is 0 Å². The lowest BCUT2D eigenvalue weighted by atomic mass is 9.87. The summed E-state index contributed by atoms with van der Waals surface area (Å²) in [5.74, 6) is 0.227. The Labute approximate surface area is 113 Å². The van der Waals surface area contributed by atoms with Gasteiger partial charge in [-0.05, 0) is 42.9 Å². The smallest absolute Gasteiger partial charge is 0.181 e. The summed E-state index contributed by atoms with van der Waals surface area (Å²) in [4.78, 5) is 16.7. The third kappa shape index (κ3) is 2.16. The molecule has 0 bridgehead atoms. The van der Waals surface area contributed by atoms with Gasteiger partial charge in [0.05, 0.1) is 5.52 Å². The number of para-hydroxylation sites is 1. The van der Waals surface area contributed by atoms with E-state index in [9.17, 15) is 4.79 Å². The highest BCUT2D eigenvalue weighted by molar-refractivity contribution is 6.00. The van der Waals surface area contributed by atoms with Crippen molar-refractivity contribution in [2.75, 3.05) is 0 Å². The minimum absolute atomic E-state index is 0.227. The molecule has 1 aliphatic rings. The van der Waals surface area contributed by atoms with Crippen LogP contribution in [-0.4, -0.2) is 10.8 Å². The van der Waals surface area contributed by atoms with Gasteiger partial charge in [-0.3, -0.25) is 4.79 Å². The van der Waals surface area contributed by atoms with Gasteiger partial charge in [0.2, 0.25) is 0 Å². The highest BCUT2D eigenvalue weighted by atomic mass is 16.1. The predicted octanol–water partition coefficient (Wildman–Crippen LogP) is 4.10. The Balaban J connectivity index is 2.24. The highest BCUT2D eigenvalue weighted by Gasteiger charge is 2.23. The van der Waals surface area contributed by atoms with Crippen LogP contribution in [-0.2, 0) is 12.8 Å². The summed E-state index contributed by atoms with van der Waals surface area (Å²) in [7, 11) is 0. The number of hydrogen-bond acceptors (Lipinski definition) is 2. The van der Waals surface area contributed by atoms with Crippen molar-refractivity contribution in [3.05, 3.63) is 41.1 Å². The Hall–Kier alpha value is -1.70. The zero-order chi connectivity index (χ0) is 13.2. The Morgan fingerprint density at radius 3 is 2.89 bits per heavy atom. The van der Waals surface area contributed by atoms with Gasteiger partial charge in [0.25, 0.3) is 0 Å². The number of Topliss-reactive ketones (excluding diaryl/α,β-unsaturated/α-hetero) is 1. The quantitative estimate of drug-likeness (QED) is 0.824. The van der Waals surface area contributed by atoms with Crippen molar-refractivity contribution in [3.63, 3.8) is 0 Å². The first-order chi connectivity index (χ1) is 9.31. The molecule has 1 heterocycles. The van der Waals surface area contributed by atoms with Crippen LogP contribution < -0.4 is 0 Å². The number of nitrogens with zero attached hydrogens (tertiary/aromatic N) is 1. The first kappa shape index (κ1) is 12.3. The molecule has 0 radical (unpaired) electrons. The molecule has 2 heteroatoms. The van der Waals surface area contributed by atoms with Gasteiger partial charge >= 0.3 is 0 Å². The van der Waals surface area contributed by atoms with Crippen molar-refractivity contribution < 1.29 is 4.79 Å². The number of carbonyl (C=O) groups excluding carboxylic acids is 1. The molecule has 1 aliphatic carbocycles. The molecule has 1 aromatic heterocycles. The number of aromatic nitrogens is 1. The number of fused-ring (bicyclic) bond motifs is 2. The van der Waals surface area contributed by atoms with Crippen LogP contribution in [0.25, 0.3) is 10.9 Å². The van der Waals surface area contributed by atoms with E-state index in [-0.39, 0.29) is 5.78 Å². The van der Waals surface area contributed by atoms with Gasteiger partial charge in [0, 0.05) is 11.8 Å². The van der Waals surface area contributed by atoms with Gasteiger partial charge in [-0.25, -0.2) is 4.98 Å². The van der Waals surface area contributed by atoms with Crippen molar-refractivity contribution in [2.45, 2.75) is 45.4 Å². The van der Waals surface area contributed by atoms with Crippen LogP contribution in [0.4, 0.5) is 0 Å². The molecule has 0 fully saturated rings. The van der Waals surface area contributed by atoms with Gasteiger partial charge in [-0.2, -0.15) is 0 Å². The second kappa shape index (κ2) is 5.12. The summed E-state index contributed by atoms with van der Waals surface area (Å²) in [6.45, 7) is 2.21. The van der Waals surface area contributed by atoms with E-state index in [1.807, 2.05) is 12.1 Å². The molecule has 0 N–H and O–H groups in total. The van der Waals surface area contributed by atoms with Crippen molar-refractivity contribution in [3.8, 4) is 0 Å². The lowest BCUT2D eigenvalue weighted by Gasteiger charge is -2.19. The summed E-state index contributed by atoms with van der Waals surface area (Å²) in [5.41, 5.74) is 4.32. The number of hydrogen-bond donors (Lipinski definition) is 0. The number of aryl methyl sites for hydroxylation is 1. The topological polar surface area (TPSA) is 30.0 Å². The second-order valence-electron chi connectivity index (χ2n) is 5.31. The minimum Gasteiger partial charge on any atom is -0.292 e. The first-order valence-corrected chi connectivity index (χ1v) is 7.25. The Kier molecular flexibility index (Phi) is 3.33. The maximum atomic E-state index is 12.1. The number of benzene rings is 1. The van der Waals surface area contributed by atoms with E-state index in [1.54, 1.807) is 0 Å². The molecule has 0 saturated carbocycles. The molecule has 98 valence electrons. The van der Waals surface area contributed by atoms with E-state index in [1.165, 1.54) is 29.4 Å². The molecule has 19 heavy (non-hydrogen) atoms. The molecule has 2 nitrogen and oxygen atoms in total. The van der Waals surface area contributed by atoms with Crippen LogP contribution in [0.2, 0.25) is 0 Å². The second-order valence-corrected chi connectivity index (χ2v) is 5.31. The predicted molar refractivity (Wildman–Crippen MR) is 77.6 cm³/mol. The number of pyridine rings is 1. The molecular formula is C17H19NO. The maximum Gasteiger partial charge on any atom is 0.181 e. The lowest BCUT2D eigenvalue weighted by molar-refractivity contribution is 0.0967. The Bertz CT molecular complexity index is 630. The van der Waals surface area contributed by atoms with Crippen molar-refractivity contribution in [2.24, 2.45) is 0 Å². The molecule has 0 amide bonds. The summed E-state index contributed by atoms with van der Waals surface area (Å²) in [6, 6.07) is 8.23. The van der Waals surface area contributed by atoms with Crippen LogP contribution in [0.5, 0.6) is 0 Å². The minimum atomic E-state index is 0.227. The Morgan fingerprint density at radius 2 is 2.05 bits per heavy atom. The molecule has 0 unspecified atom stereocenters. The summed E-state index contributed by atoms with van der Waals surface area (Å²) in [6.07, 6.45) is 6.07. The molecule has 0 spiro atoms. The van der Waals surface area contributed by atoms with Crippen LogP contribution in [0.15, 0.2) is 24.3 Å². The van der Waals surface area contributed by atoms with Crippen LogP contribution in [0, 0.1) is 0 Å². The third-order valence-electron chi connectivity index (χ3n) is 3.99. The summed E-state index contributed by atoms with van der Waals surface area (Å²) < 4.78 is 0. The normalized spacial score (nSPS) is 14.7. The Morgan fingerprint density at radius 1 is 1.21 bits per heavy atom. The average Bonchev–Trinajstić information content (AvgIpc) is 2.44. The highest BCUT2D eigenvalue weighted by Crippen LogP contribution is 2.30. The van der Waals surface area contributed by atoms with E-state index in [2.05, 4.69) is 24.0 Å². The van der Waals surface area contributed by atoms with Crippen LogP contribution in [0.1, 0.15) is 54.2 Å². The van der Waals surface area contributed by atoms with Crippen molar-refractivity contribution in [1.82, 2.24) is 4.98 Å². The fraction of sp³-hybridized carbons (Fsp3) is 0.412. The zero-order valence-corrected chi connectivity index (χ0v) is 11.4. The molecular weight excluding hydrogens is 234 g/mol. The van der Waals surface area contributed by atoms with E-state index >= 15 is 0 Å².